The third kappa shape index (κ3) is 2.99. The highest BCUT2D eigenvalue weighted by molar-refractivity contribution is 5.92. The van der Waals surface area contributed by atoms with Gasteiger partial charge >= 0.3 is 11.9 Å². The van der Waals surface area contributed by atoms with Gasteiger partial charge in [-0.3, -0.25) is 4.79 Å². The zero-order valence-electron chi connectivity index (χ0n) is 13.7. The van der Waals surface area contributed by atoms with E-state index in [9.17, 15) is 9.59 Å². The fourth-order valence-electron chi connectivity index (χ4n) is 2.68. The van der Waals surface area contributed by atoms with E-state index in [2.05, 4.69) is 5.32 Å². The van der Waals surface area contributed by atoms with Crippen molar-refractivity contribution in [3.63, 3.8) is 0 Å². The Hall–Kier alpha value is -1.88. The number of carbonyl (C=O) groups excluding carboxylic acids is 2. The van der Waals surface area contributed by atoms with E-state index in [1.807, 2.05) is 33.9 Å². The summed E-state index contributed by atoms with van der Waals surface area (Å²) < 4.78 is 10.3. The average Bonchev–Trinajstić information content (AvgIpc) is 3.21. The smallest absolute Gasteiger partial charge is 0.337 e. The summed E-state index contributed by atoms with van der Waals surface area (Å²) in [6, 6.07) is 7.02. The summed E-state index contributed by atoms with van der Waals surface area (Å²) in [5, 5.41) is 3.14. The Bertz CT molecular complexity index is 591. The van der Waals surface area contributed by atoms with Gasteiger partial charge in [0.25, 0.3) is 0 Å². The normalized spacial score (nSPS) is 23.8. The number of esters is 2. The molecular formula is C17H23NO4. The van der Waals surface area contributed by atoms with Crippen molar-refractivity contribution in [1.82, 2.24) is 5.32 Å². The van der Waals surface area contributed by atoms with Crippen LogP contribution in [0, 0.1) is 0 Å². The van der Waals surface area contributed by atoms with Gasteiger partial charge in [-0.1, -0.05) is 12.1 Å². The van der Waals surface area contributed by atoms with Crippen LogP contribution in [-0.2, 0) is 19.7 Å². The summed E-state index contributed by atoms with van der Waals surface area (Å²) in [5.41, 5.74) is -0.0644. The molecule has 1 saturated carbocycles. The van der Waals surface area contributed by atoms with Crippen molar-refractivity contribution in [3.8, 4) is 0 Å². The van der Waals surface area contributed by atoms with E-state index in [0.717, 1.165) is 5.56 Å². The molecule has 1 aliphatic carbocycles. The number of methoxy groups -OCH3 is 1. The number of hydrogen-bond acceptors (Lipinski definition) is 5. The lowest BCUT2D eigenvalue weighted by atomic mass is 9.93. The summed E-state index contributed by atoms with van der Waals surface area (Å²) in [4.78, 5) is 24.4. The molecule has 1 N–H and O–H groups in total. The van der Waals surface area contributed by atoms with Crippen molar-refractivity contribution >= 4 is 11.9 Å². The molecule has 2 unspecified atom stereocenters. The van der Waals surface area contributed by atoms with Crippen LogP contribution in [0.15, 0.2) is 24.3 Å². The summed E-state index contributed by atoms with van der Waals surface area (Å²) in [6.07, 6.45) is 0.656. The molecule has 0 spiro atoms. The topological polar surface area (TPSA) is 64.6 Å². The maximum atomic E-state index is 12.7. The van der Waals surface area contributed by atoms with Crippen LogP contribution in [0.5, 0.6) is 0 Å². The van der Waals surface area contributed by atoms with E-state index in [0.29, 0.717) is 12.0 Å². The zero-order valence-corrected chi connectivity index (χ0v) is 13.7. The minimum atomic E-state index is -0.730. The van der Waals surface area contributed by atoms with Crippen LogP contribution in [-0.4, -0.2) is 37.7 Å². The number of nitrogens with one attached hydrogen (secondary N) is 1. The van der Waals surface area contributed by atoms with Crippen molar-refractivity contribution in [3.05, 3.63) is 35.4 Å². The molecule has 120 valence electrons. The Morgan fingerprint density at radius 2 is 2.00 bits per heavy atom. The summed E-state index contributed by atoms with van der Waals surface area (Å²) in [7, 11) is 3.16. The third-order valence-electron chi connectivity index (χ3n) is 3.87. The van der Waals surface area contributed by atoms with E-state index in [-0.39, 0.29) is 12.0 Å². The third-order valence-corrected chi connectivity index (χ3v) is 3.87. The lowest BCUT2D eigenvalue weighted by molar-refractivity contribution is -0.158. The lowest BCUT2D eigenvalue weighted by Crippen LogP contribution is -2.36. The molecular weight excluding hydrogens is 282 g/mol. The molecule has 2 atom stereocenters. The first-order chi connectivity index (χ1) is 10.2. The van der Waals surface area contributed by atoms with Crippen LogP contribution >= 0.6 is 0 Å². The minimum absolute atomic E-state index is 0.00949. The molecule has 5 heteroatoms. The molecule has 0 aromatic heterocycles. The molecule has 1 aromatic carbocycles. The van der Waals surface area contributed by atoms with Crippen LogP contribution < -0.4 is 5.32 Å². The second kappa shape index (κ2) is 5.72. The van der Waals surface area contributed by atoms with Crippen molar-refractivity contribution in [1.29, 1.82) is 0 Å². The van der Waals surface area contributed by atoms with Crippen LogP contribution in [0.1, 0.15) is 43.1 Å². The Labute approximate surface area is 131 Å². The second-order valence-electron chi connectivity index (χ2n) is 6.59. The first-order valence-corrected chi connectivity index (χ1v) is 7.34. The highest BCUT2D eigenvalue weighted by Crippen LogP contribution is 2.50. The van der Waals surface area contributed by atoms with Crippen molar-refractivity contribution < 1.29 is 19.1 Å². The molecule has 0 saturated heterocycles. The Morgan fingerprint density at radius 1 is 1.32 bits per heavy atom. The highest BCUT2D eigenvalue weighted by Gasteiger charge is 2.62. The predicted octanol–water partition coefficient (Wildman–Crippen LogP) is 2.04. The largest absolute Gasteiger partial charge is 0.465 e. The molecule has 1 fully saturated rings. The first kappa shape index (κ1) is 16.5. The van der Waals surface area contributed by atoms with Gasteiger partial charge in [0.15, 0.2) is 0 Å². The number of benzene rings is 1. The van der Waals surface area contributed by atoms with Gasteiger partial charge in [0.2, 0.25) is 0 Å². The zero-order chi connectivity index (χ0) is 16.5. The SMILES string of the molecule is CNC1CC1(C(=O)OC(C)(C)C)c1cccc(C(=O)OC)c1. The molecule has 2 rings (SSSR count). The summed E-state index contributed by atoms with van der Waals surface area (Å²) >= 11 is 0. The van der Waals surface area contributed by atoms with Crippen LogP contribution in [0.4, 0.5) is 0 Å². The van der Waals surface area contributed by atoms with Crippen molar-refractivity contribution in [2.45, 2.75) is 44.2 Å². The second-order valence-corrected chi connectivity index (χ2v) is 6.59. The van der Waals surface area contributed by atoms with Crippen molar-refractivity contribution in [2.75, 3.05) is 14.2 Å². The van der Waals surface area contributed by atoms with Crippen LogP contribution in [0.2, 0.25) is 0 Å². The molecule has 1 aliphatic rings. The first-order valence-electron chi connectivity index (χ1n) is 7.34. The Kier molecular flexibility index (Phi) is 4.29. The molecule has 5 nitrogen and oxygen atoms in total. The number of hydrogen-bond donors (Lipinski definition) is 1. The summed E-state index contributed by atoms with van der Waals surface area (Å²) in [5.74, 6) is -0.677. The van der Waals surface area contributed by atoms with Gasteiger partial charge in [-0.15, -0.1) is 0 Å². The maximum absolute atomic E-state index is 12.7. The fraction of sp³-hybridized carbons (Fsp3) is 0.529. The average molecular weight is 305 g/mol. The van der Waals surface area contributed by atoms with Gasteiger partial charge < -0.3 is 14.8 Å². The fourth-order valence-corrected chi connectivity index (χ4v) is 2.68. The predicted molar refractivity (Wildman–Crippen MR) is 82.8 cm³/mol. The van der Waals surface area contributed by atoms with Crippen LogP contribution in [0.25, 0.3) is 0 Å². The van der Waals surface area contributed by atoms with Gasteiger partial charge in [0.05, 0.1) is 12.7 Å². The molecule has 0 bridgehead atoms. The van der Waals surface area contributed by atoms with Crippen LogP contribution in [0.3, 0.4) is 0 Å². The quantitative estimate of drug-likeness (QED) is 0.863. The molecule has 0 amide bonds. The monoisotopic (exact) mass is 305 g/mol. The van der Waals surface area contributed by atoms with Gasteiger partial charge in [0.1, 0.15) is 11.0 Å². The van der Waals surface area contributed by atoms with E-state index >= 15 is 0 Å². The number of likely N-dealkylation sites (N-methyl/N-ethyl adjacent to an activating group) is 1. The van der Waals surface area contributed by atoms with E-state index < -0.39 is 17.0 Å². The van der Waals surface area contributed by atoms with Gasteiger partial charge in [0, 0.05) is 6.04 Å². The molecule has 0 aliphatic heterocycles. The maximum Gasteiger partial charge on any atom is 0.337 e. The standard InChI is InChI=1S/C17H23NO4/c1-16(2,3)22-15(20)17(10-13(17)18-4)12-8-6-7-11(9-12)14(19)21-5/h6-9,13,18H,10H2,1-5H3. The van der Waals surface area contributed by atoms with E-state index in [4.69, 9.17) is 9.47 Å². The highest BCUT2D eigenvalue weighted by atomic mass is 16.6. The number of carbonyl (C=O) groups is 2. The minimum Gasteiger partial charge on any atom is -0.465 e. The molecule has 22 heavy (non-hydrogen) atoms. The van der Waals surface area contributed by atoms with Gasteiger partial charge in [-0.25, -0.2) is 4.79 Å². The molecule has 0 radical (unpaired) electrons. The van der Waals surface area contributed by atoms with Gasteiger partial charge in [-0.05, 0) is 51.9 Å². The summed E-state index contributed by atoms with van der Waals surface area (Å²) in [6.45, 7) is 5.54. The van der Waals surface area contributed by atoms with Gasteiger partial charge in [-0.2, -0.15) is 0 Å². The van der Waals surface area contributed by atoms with Crippen molar-refractivity contribution in [2.24, 2.45) is 0 Å². The van der Waals surface area contributed by atoms with E-state index in [1.165, 1.54) is 7.11 Å². The number of ether oxygens (including phenoxy) is 2. The lowest BCUT2D eigenvalue weighted by Gasteiger charge is -2.25. The molecule has 0 heterocycles. The number of rotatable bonds is 4. The Balaban J connectivity index is 2.37. The van der Waals surface area contributed by atoms with E-state index in [1.54, 1.807) is 18.2 Å². The Morgan fingerprint density at radius 3 is 2.50 bits per heavy atom. The molecule has 1 aromatic rings.